The second-order valence-electron chi connectivity index (χ2n) is 30.2. The maximum absolute atomic E-state index is 13.1. The molecule has 0 bridgehead atoms. The van der Waals surface area contributed by atoms with Crippen LogP contribution in [0.5, 0.6) is 0 Å². The first-order valence-electron chi connectivity index (χ1n) is 41.3. The third kappa shape index (κ3) is 74.1. The summed E-state index contributed by atoms with van der Waals surface area (Å²) in [6, 6.07) is 0. The Morgan fingerprint density at radius 2 is 0.465 bits per heavy atom. The quantitative estimate of drug-likeness (QED) is 0.0222. The monoisotopic (exact) mass is 1450 g/mol. The van der Waals surface area contributed by atoms with E-state index >= 15 is 0 Å². The molecule has 0 aromatic rings. The number of hydrogen-bond donors (Lipinski definition) is 3. The maximum Gasteiger partial charge on any atom is 0.472 e. The van der Waals surface area contributed by atoms with Gasteiger partial charge in [-0.05, 0) is 43.4 Å². The van der Waals surface area contributed by atoms with Crippen LogP contribution in [-0.4, -0.2) is 96.7 Å². The first-order valence-corrected chi connectivity index (χ1v) is 44.3. The summed E-state index contributed by atoms with van der Waals surface area (Å²) in [5, 5.41) is 10.6. The molecule has 99 heavy (non-hydrogen) atoms. The van der Waals surface area contributed by atoms with Gasteiger partial charge in [0.25, 0.3) is 0 Å². The van der Waals surface area contributed by atoms with E-state index in [1.807, 2.05) is 0 Å². The van der Waals surface area contributed by atoms with Gasteiger partial charge in [0.15, 0.2) is 12.2 Å². The van der Waals surface area contributed by atoms with Crippen LogP contribution in [0.2, 0.25) is 0 Å². The van der Waals surface area contributed by atoms with Gasteiger partial charge in [0, 0.05) is 25.7 Å². The van der Waals surface area contributed by atoms with Crippen LogP contribution in [0.4, 0.5) is 0 Å². The third-order valence-corrected chi connectivity index (χ3v) is 20.5. The molecule has 588 valence electrons. The smallest absolute Gasteiger partial charge is 0.462 e. The number of aliphatic hydroxyl groups is 1. The molecule has 0 fully saturated rings. The molecular weight excluding hydrogens is 1290 g/mol. The number of esters is 4. The predicted molar refractivity (Wildman–Crippen MR) is 405 cm³/mol. The summed E-state index contributed by atoms with van der Waals surface area (Å²) in [4.78, 5) is 72.9. The van der Waals surface area contributed by atoms with Crippen LogP contribution < -0.4 is 0 Å². The van der Waals surface area contributed by atoms with Crippen LogP contribution in [0.1, 0.15) is 414 Å². The highest BCUT2D eigenvalue weighted by Crippen LogP contribution is 2.45. The van der Waals surface area contributed by atoms with Crippen molar-refractivity contribution >= 4 is 39.5 Å². The summed E-state index contributed by atoms with van der Waals surface area (Å²) < 4.78 is 68.6. The minimum Gasteiger partial charge on any atom is -0.462 e. The van der Waals surface area contributed by atoms with Crippen LogP contribution in [-0.2, 0) is 65.4 Å². The standard InChI is InChI=1S/C80H156O17P2/c1-8-9-10-11-12-13-14-28-34-41-49-56-63-79(84)97-76(68-91-78(83)62-55-48-43-36-39-46-53-60-73(6)7)70-95-99(88,89)93-66-74(81)65-92-98(86,87)94-69-75(67-90-77(82)61-54-47-40-33-29-24-21-17-19-23-27-32-38-45-52-59-72(4)5)96-80(85)64-57-50-42-35-30-25-20-16-15-18-22-26-31-37-44-51-58-71(2)3/h71-76,81H,8-70H2,1-7H3,(H,86,87)(H,88,89)/t74-,75-,76-/m1/s1. The van der Waals surface area contributed by atoms with Crippen molar-refractivity contribution in [1.29, 1.82) is 0 Å². The van der Waals surface area contributed by atoms with Crippen LogP contribution in [0.25, 0.3) is 0 Å². The van der Waals surface area contributed by atoms with Gasteiger partial charge in [-0.1, -0.05) is 363 Å². The van der Waals surface area contributed by atoms with Crippen molar-refractivity contribution in [2.45, 2.75) is 433 Å². The zero-order valence-corrected chi connectivity index (χ0v) is 66.8. The minimum absolute atomic E-state index is 0.107. The molecular formula is C80H156O17P2. The van der Waals surface area contributed by atoms with E-state index in [9.17, 15) is 43.2 Å². The Balaban J connectivity index is 5.23. The molecule has 0 aliphatic heterocycles. The van der Waals surface area contributed by atoms with Crippen LogP contribution in [0, 0.1) is 17.8 Å². The van der Waals surface area contributed by atoms with Gasteiger partial charge in [0.05, 0.1) is 26.4 Å². The fourth-order valence-corrected chi connectivity index (χ4v) is 13.9. The molecule has 0 aliphatic carbocycles. The number of aliphatic hydroxyl groups excluding tert-OH is 1. The van der Waals surface area contributed by atoms with Gasteiger partial charge in [-0.15, -0.1) is 0 Å². The molecule has 3 N–H and O–H groups in total. The molecule has 2 unspecified atom stereocenters. The molecule has 0 saturated heterocycles. The molecule has 0 spiro atoms. The van der Waals surface area contributed by atoms with Crippen LogP contribution >= 0.6 is 15.6 Å². The van der Waals surface area contributed by atoms with E-state index in [0.717, 1.165) is 108 Å². The Morgan fingerprint density at radius 1 is 0.273 bits per heavy atom. The molecule has 0 rings (SSSR count). The van der Waals surface area contributed by atoms with E-state index in [0.29, 0.717) is 31.6 Å². The first-order chi connectivity index (χ1) is 47.7. The van der Waals surface area contributed by atoms with E-state index in [-0.39, 0.29) is 25.7 Å². The molecule has 0 saturated carbocycles. The Bertz CT molecular complexity index is 1920. The summed E-state index contributed by atoms with van der Waals surface area (Å²) in [6.07, 6.45) is 58.3. The van der Waals surface area contributed by atoms with Crippen molar-refractivity contribution in [2.75, 3.05) is 39.6 Å². The first kappa shape index (κ1) is 97.1. The van der Waals surface area contributed by atoms with Gasteiger partial charge in [-0.3, -0.25) is 37.3 Å². The highest BCUT2D eigenvalue weighted by molar-refractivity contribution is 7.47. The maximum atomic E-state index is 13.1. The van der Waals surface area contributed by atoms with E-state index in [1.54, 1.807) is 0 Å². The van der Waals surface area contributed by atoms with Gasteiger partial charge in [0.1, 0.15) is 19.3 Å². The lowest BCUT2D eigenvalue weighted by atomic mass is 10.0. The van der Waals surface area contributed by atoms with E-state index in [4.69, 9.17) is 37.0 Å². The fraction of sp³-hybridized carbons (Fsp3) is 0.950. The number of ether oxygens (including phenoxy) is 4. The summed E-state index contributed by atoms with van der Waals surface area (Å²) in [6.45, 7) is 11.9. The van der Waals surface area contributed by atoms with Crippen molar-refractivity contribution in [1.82, 2.24) is 0 Å². The largest absolute Gasteiger partial charge is 0.472 e. The van der Waals surface area contributed by atoms with Crippen LogP contribution in [0.15, 0.2) is 0 Å². The molecule has 0 radical (unpaired) electrons. The SMILES string of the molecule is CCCCCCCCCCCCCCC(=O)O[C@H](COC(=O)CCCCCCCCCC(C)C)COP(=O)(O)OC[C@H](O)COP(=O)(O)OC[C@@H](COC(=O)CCCCCCCCCCCCCCCCCC(C)C)OC(=O)CCCCCCCCCCCCCCCCCCC(C)C. The zero-order valence-electron chi connectivity index (χ0n) is 65.0. The number of unbranched alkanes of at least 4 members (excludes halogenated alkanes) is 46. The molecule has 0 aromatic heterocycles. The van der Waals surface area contributed by atoms with Crippen molar-refractivity contribution in [3.05, 3.63) is 0 Å². The molecule has 17 nitrogen and oxygen atoms in total. The molecule has 0 aromatic carbocycles. The number of hydrogen-bond acceptors (Lipinski definition) is 15. The lowest BCUT2D eigenvalue weighted by Gasteiger charge is -2.21. The Morgan fingerprint density at radius 3 is 0.687 bits per heavy atom. The number of carbonyl (C=O) groups excluding carboxylic acids is 4. The number of phosphoric acid groups is 2. The molecule has 19 heteroatoms. The number of carbonyl (C=O) groups is 4. The number of phosphoric ester groups is 2. The normalized spacial score (nSPS) is 14.0. The lowest BCUT2D eigenvalue weighted by Crippen LogP contribution is -2.30. The Hall–Kier alpha value is -1.94. The van der Waals surface area contributed by atoms with Crippen molar-refractivity contribution in [2.24, 2.45) is 17.8 Å². The lowest BCUT2D eigenvalue weighted by molar-refractivity contribution is -0.161. The third-order valence-electron chi connectivity index (χ3n) is 18.6. The average molecular weight is 1450 g/mol. The number of rotatable bonds is 78. The van der Waals surface area contributed by atoms with E-state index in [2.05, 4.69) is 48.5 Å². The van der Waals surface area contributed by atoms with Gasteiger partial charge < -0.3 is 33.8 Å². The van der Waals surface area contributed by atoms with Crippen molar-refractivity contribution in [3.63, 3.8) is 0 Å². The molecule has 0 heterocycles. The van der Waals surface area contributed by atoms with E-state index < -0.39 is 97.5 Å². The fourth-order valence-electron chi connectivity index (χ4n) is 12.3. The summed E-state index contributed by atoms with van der Waals surface area (Å²) in [7, 11) is -9.92. The Kier molecular flexibility index (Phi) is 69.0. The molecule has 0 amide bonds. The topological polar surface area (TPSA) is 237 Å². The highest BCUT2D eigenvalue weighted by atomic mass is 31.2. The Labute approximate surface area is 607 Å². The predicted octanol–water partition coefficient (Wildman–Crippen LogP) is 23.7. The second-order valence-corrected chi connectivity index (χ2v) is 33.1. The summed E-state index contributed by atoms with van der Waals surface area (Å²) in [5.41, 5.74) is 0. The van der Waals surface area contributed by atoms with E-state index in [1.165, 1.54) is 218 Å². The molecule has 0 aliphatic rings. The second kappa shape index (κ2) is 70.4. The van der Waals surface area contributed by atoms with Crippen molar-refractivity contribution < 1.29 is 80.2 Å². The van der Waals surface area contributed by atoms with Crippen LogP contribution in [0.3, 0.4) is 0 Å². The van der Waals surface area contributed by atoms with Gasteiger partial charge in [0.2, 0.25) is 0 Å². The van der Waals surface area contributed by atoms with Gasteiger partial charge in [-0.2, -0.15) is 0 Å². The minimum atomic E-state index is -4.96. The highest BCUT2D eigenvalue weighted by Gasteiger charge is 2.30. The summed E-state index contributed by atoms with van der Waals surface area (Å²) >= 11 is 0. The van der Waals surface area contributed by atoms with Crippen molar-refractivity contribution in [3.8, 4) is 0 Å². The summed E-state index contributed by atoms with van der Waals surface area (Å²) in [5.74, 6) is 0.209. The molecule has 5 atom stereocenters. The van der Waals surface area contributed by atoms with Gasteiger partial charge in [-0.25, -0.2) is 9.13 Å². The zero-order chi connectivity index (χ0) is 73.0. The van der Waals surface area contributed by atoms with Gasteiger partial charge >= 0.3 is 39.5 Å². The average Bonchev–Trinajstić information content (AvgIpc) is 1.06.